The summed E-state index contributed by atoms with van der Waals surface area (Å²) < 4.78 is 5.61. The van der Waals surface area contributed by atoms with E-state index in [-0.39, 0.29) is 25.1 Å². The highest BCUT2D eigenvalue weighted by Gasteiger charge is 2.32. The molecule has 0 saturated carbocycles. The zero-order chi connectivity index (χ0) is 16.3. The molecule has 2 rings (SSSR count). The number of amides is 1. The van der Waals surface area contributed by atoms with Gasteiger partial charge in [-0.1, -0.05) is 17.7 Å². The summed E-state index contributed by atoms with van der Waals surface area (Å²) in [5.74, 6) is -0.766. The maximum atomic E-state index is 12.3. The minimum atomic E-state index is -0.833. The molecule has 1 aliphatic heterocycles. The number of hydrogen-bond donors (Lipinski definition) is 1. The first-order valence-corrected chi connectivity index (χ1v) is 7.61. The lowest BCUT2D eigenvalue weighted by Crippen LogP contribution is -2.49. The molecular weight excluding hydrogens is 282 g/mol. The third-order valence-corrected chi connectivity index (χ3v) is 4.23. The Bertz CT molecular complexity index is 570. The van der Waals surface area contributed by atoms with Crippen LogP contribution in [-0.2, 0) is 9.59 Å². The lowest BCUT2D eigenvalue weighted by molar-refractivity contribution is -0.147. The highest BCUT2D eigenvalue weighted by atomic mass is 16.5. The molecule has 22 heavy (non-hydrogen) atoms. The van der Waals surface area contributed by atoms with E-state index in [0.29, 0.717) is 18.6 Å². The van der Waals surface area contributed by atoms with E-state index >= 15 is 0 Å². The van der Waals surface area contributed by atoms with Crippen LogP contribution < -0.4 is 4.74 Å². The predicted octanol–water partition coefficient (Wildman–Crippen LogP) is 2.39. The molecule has 0 bridgehead atoms. The molecule has 1 aromatic carbocycles. The van der Waals surface area contributed by atoms with E-state index < -0.39 is 11.9 Å². The number of piperidine rings is 1. The smallest absolute Gasteiger partial charge is 0.308 e. The molecule has 5 nitrogen and oxygen atoms in total. The van der Waals surface area contributed by atoms with Crippen molar-refractivity contribution in [3.63, 3.8) is 0 Å². The standard InChI is InChI=1S/C17H23NO4/c1-11-4-7-15(12(2)8-11)22-10-16(19)18-9-14(17(20)21)6-5-13(18)3/h4,7-8,13-14H,5-6,9-10H2,1-3H3,(H,20,21). The Kier molecular flexibility index (Phi) is 5.06. The number of nitrogens with zero attached hydrogens (tertiary/aromatic N) is 1. The van der Waals surface area contributed by atoms with Gasteiger partial charge in [0.1, 0.15) is 5.75 Å². The molecule has 1 aliphatic rings. The summed E-state index contributed by atoms with van der Waals surface area (Å²) in [6.45, 7) is 6.11. The fourth-order valence-electron chi connectivity index (χ4n) is 2.84. The zero-order valence-electron chi connectivity index (χ0n) is 13.3. The Morgan fingerprint density at radius 2 is 2.05 bits per heavy atom. The second kappa shape index (κ2) is 6.81. The van der Waals surface area contributed by atoms with Gasteiger partial charge in [0.05, 0.1) is 5.92 Å². The SMILES string of the molecule is Cc1ccc(OCC(=O)N2CC(C(=O)O)CCC2C)c(C)c1. The van der Waals surface area contributed by atoms with E-state index in [1.54, 1.807) is 4.90 Å². The number of benzene rings is 1. The highest BCUT2D eigenvalue weighted by molar-refractivity contribution is 5.79. The van der Waals surface area contributed by atoms with Gasteiger partial charge in [0.15, 0.2) is 6.61 Å². The lowest BCUT2D eigenvalue weighted by Gasteiger charge is -2.36. The lowest BCUT2D eigenvalue weighted by atomic mass is 9.93. The van der Waals surface area contributed by atoms with E-state index in [1.807, 2.05) is 39.0 Å². The average molecular weight is 305 g/mol. The fourth-order valence-corrected chi connectivity index (χ4v) is 2.84. The minimum absolute atomic E-state index is 0.0550. The number of carboxylic acids is 1. The van der Waals surface area contributed by atoms with Crippen molar-refractivity contribution in [3.8, 4) is 5.75 Å². The molecule has 0 aromatic heterocycles. The molecule has 5 heteroatoms. The molecule has 0 spiro atoms. The Morgan fingerprint density at radius 1 is 1.32 bits per heavy atom. The monoisotopic (exact) mass is 305 g/mol. The fraction of sp³-hybridized carbons (Fsp3) is 0.529. The average Bonchev–Trinajstić information content (AvgIpc) is 2.46. The van der Waals surface area contributed by atoms with Gasteiger partial charge in [-0.15, -0.1) is 0 Å². The number of aryl methyl sites for hydroxylation is 2. The highest BCUT2D eigenvalue weighted by Crippen LogP contribution is 2.23. The third-order valence-electron chi connectivity index (χ3n) is 4.23. The Hall–Kier alpha value is -2.04. The van der Waals surface area contributed by atoms with Gasteiger partial charge in [-0.05, 0) is 45.2 Å². The summed E-state index contributed by atoms with van der Waals surface area (Å²) in [5.41, 5.74) is 2.13. The Labute approximate surface area is 130 Å². The van der Waals surface area contributed by atoms with Crippen molar-refractivity contribution in [2.24, 2.45) is 5.92 Å². The molecule has 2 atom stereocenters. The first kappa shape index (κ1) is 16.3. The summed E-state index contributed by atoms with van der Waals surface area (Å²) in [7, 11) is 0. The van der Waals surface area contributed by atoms with Crippen molar-refractivity contribution < 1.29 is 19.4 Å². The molecule has 0 aliphatic carbocycles. The number of hydrogen-bond acceptors (Lipinski definition) is 3. The molecule has 1 fully saturated rings. The van der Waals surface area contributed by atoms with Crippen LogP contribution in [-0.4, -0.2) is 41.1 Å². The first-order valence-electron chi connectivity index (χ1n) is 7.61. The molecule has 2 unspecified atom stereocenters. The van der Waals surface area contributed by atoms with E-state index in [9.17, 15) is 9.59 Å². The van der Waals surface area contributed by atoms with Crippen molar-refractivity contribution >= 4 is 11.9 Å². The van der Waals surface area contributed by atoms with Crippen LogP contribution in [0.3, 0.4) is 0 Å². The Balaban J connectivity index is 1.97. The second-order valence-electron chi connectivity index (χ2n) is 6.07. The maximum absolute atomic E-state index is 12.3. The van der Waals surface area contributed by atoms with Crippen molar-refractivity contribution in [1.29, 1.82) is 0 Å². The van der Waals surface area contributed by atoms with Crippen molar-refractivity contribution in [2.45, 2.75) is 39.7 Å². The van der Waals surface area contributed by atoms with Crippen LogP contribution in [0.4, 0.5) is 0 Å². The predicted molar refractivity (Wildman–Crippen MR) is 82.9 cm³/mol. The first-order chi connectivity index (χ1) is 10.4. The van der Waals surface area contributed by atoms with Crippen molar-refractivity contribution in [1.82, 2.24) is 4.90 Å². The van der Waals surface area contributed by atoms with Crippen LogP contribution >= 0.6 is 0 Å². The molecule has 1 amide bonds. The van der Waals surface area contributed by atoms with E-state index in [2.05, 4.69) is 0 Å². The molecule has 1 heterocycles. The Morgan fingerprint density at radius 3 is 2.68 bits per heavy atom. The number of carbonyl (C=O) groups excluding carboxylic acids is 1. The topological polar surface area (TPSA) is 66.8 Å². The van der Waals surface area contributed by atoms with Gasteiger partial charge in [0, 0.05) is 12.6 Å². The maximum Gasteiger partial charge on any atom is 0.308 e. The normalized spacial score (nSPS) is 21.5. The molecule has 1 saturated heterocycles. The summed E-state index contributed by atoms with van der Waals surface area (Å²) >= 11 is 0. The number of likely N-dealkylation sites (tertiary alicyclic amines) is 1. The van der Waals surface area contributed by atoms with Gasteiger partial charge < -0.3 is 14.7 Å². The quantitative estimate of drug-likeness (QED) is 0.927. The zero-order valence-corrected chi connectivity index (χ0v) is 13.3. The largest absolute Gasteiger partial charge is 0.484 e. The van der Waals surface area contributed by atoms with Gasteiger partial charge in [-0.25, -0.2) is 0 Å². The van der Waals surface area contributed by atoms with Gasteiger partial charge in [0.2, 0.25) is 0 Å². The molecule has 1 aromatic rings. The summed E-state index contributed by atoms with van der Waals surface area (Å²) in [4.78, 5) is 25.1. The van der Waals surface area contributed by atoms with Crippen molar-refractivity contribution in [2.75, 3.05) is 13.2 Å². The van der Waals surface area contributed by atoms with Gasteiger partial charge in [0.25, 0.3) is 5.91 Å². The molecule has 0 radical (unpaired) electrons. The number of carbonyl (C=O) groups is 2. The van der Waals surface area contributed by atoms with Crippen LogP contribution in [0.5, 0.6) is 5.75 Å². The van der Waals surface area contributed by atoms with Crippen LogP contribution in [0.25, 0.3) is 0 Å². The summed E-state index contributed by atoms with van der Waals surface area (Å²) in [6.07, 6.45) is 1.34. The molecular formula is C17H23NO4. The van der Waals surface area contributed by atoms with Gasteiger partial charge in [-0.3, -0.25) is 9.59 Å². The van der Waals surface area contributed by atoms with E-state index in [4.69, 9.17) is 9.84 Å². The van der Waals surface area contributed by atoms with E-state index in [1.165, 1.54) is 0 Å². The molecule has 1 N–H and O–H groups in total. The molecule has 120 valence electrons. The number of aliphatic carboxylic acids is 1. The number of ether oxygens (including phenoxy) is 1. The minimum Gasteiger partial charge on any atom is -0.484 e. The van der Waals surface area contributed by atoms with Crippen LogP contribution in [0.1, 0.15) is 30.9 Å². The summed E-state index contributed by atoms with van der Waals surface area (Å²) in [6, 6.07) is 5.86. The van der Waals surface area contributed by atoms with E-state index in [0.717, 1.165) is 11.1 Å². The van der Waals surface area contributed by atoms with Gasteiger partial charge in [-0.2, -0.15) is 0 Å². The van der Waals surface area contributed by atoms with Gasteiger partial charge >= 0.3 is 5.97 Å². The number of carboxylic acid groups (broad SMARTS) is 1. The van der Waals surface area contributed by atoms with Crippen LogP contribution in [0.15, 0.2) is 18.2 Å². The summed E-state index contributed by atoms with van der Waals surface area (Å²) in [5, 5.41) is 9.13. The number of rotatable bonds is 4. The third kappa shape index (κ3) is 3.78. The van der Waals surface area contributed by atoms with Crippen LogP contribution in [0.2, 0.25) is 0 Å². The second-order valence-corrected chi connectivity index (χ2v) is 6.07. The van der Waals surface area contributed by atoms with Crippen molar-refractivity contribution in [3.05, 3.63) is 29.3 Å². The van der Waals surface area contributed by atoms with Crippen LogP contribution in [0, 0.1) is 19.8 Å².